The van der Waals surface area contributed by atoms with Crippen LogP contribution in [0.4, 0.5) is 4.79 Å². The average molecular weight is 399 g/mol. The highest BCUT2D eigenvalue weighted by Crippen LogP contribution is 2.36. The maximum Gasteiger partial charge on any atom is 0.509 e. The van der Waals surface area contributed by atoms with Gasteiger partial charge in [0.05, 0.1) is 5.69 Å². The molecule has 0 saturated carbocycles. The van der Waals surface area contributed by atoms with Crippen LogP contribution < -0.4 is 0 Å². The lowest BCUT2D eigenvalue weighted by Crippen LogP contribution is -2.50. The molecule has 8 heteroatoms. The standard InChI is InChI=1S/C20H21N3O4S/c24-18(23-9-5-20(6-10-23)12-26-19(25)27-20)14-1-2-16-15(11-14)22-17(28-16)13-3-7-21-8-4-13/h3-4,7-8,14H,1-2,5-6,9-12H2. The Morgan fingerprint density at radius 2 is 2.04 bits per heavy atom. The van der Waals surface area contributed by atoms with Crippen LogP contribution in [0.2, 0.25) is 0 Å². The molecule has 4 heterocycles. The van der Waals surface area contributed by atoms with E-state index in [0.29, 0.717) is 39.0 Å². The number of carbonyl (C=O) groups excluding carboxylic acids is 2. The summed E-state index contributed by atoms with van der Waals surface area (Å²) in [6.07, 6.45) is 6.72. The summed E-state index contributed by atoms with van der Waals surface area (Å²) < 4.78 is 10.3. The van der Waals surface area contributed by atoms with Crippen molar-refractivity contribution in [3.63, 3.8) is 0 Å². The Kier molecular flexibility index (Phi) is 4.30. The molecule has 28 heavy (non-hydrogen) atoms. The van der Waals surface area contributed by atoms with Crippen molar-refractivity contribution in [3.05, 3.63) is 35.1 Å². The number of nitrogens with zero attached hydrogens (tertiary/aromatic N) is 3. The highest BCUT2D eigenvalue weighted by molar-refractivity contribution is 7.15. The second-order valence-corrected chi connectivity index (χ2v) is 8.80. The van der Waals surface area contributed by atoms with Crippen LogP contribution in [0, 0.1) is 5.92 Å². The van der Waals surface area contributed by atoms with Crippen molar-refractivity contribution < 1.29 is 19.1 Å². The first-order valence-electron chi connectivity index (χ1n) is 9.65. The smallest absolute Gasteiger partial charge is 0.430 e. The first kappa shape index (κ1) is 17.6. The number of ether oxygens (including phenoxy) is 2. The van der Waals surface area contributed by atoms with Crippen molar-refractivity contribution in [2.45, 2.75) is 37.7 Å². The molecule has 1 amide bonds. The van der Waals surface area contributed by atoms with E-state index in [0.717, 1.165) is 29.1 Å². The van der Waals surface area contributed by atoms with Crippen molar-refractivity contribution in [3.8, 4) is 10.6 Å². The molecule has 7 nitrogen and oxygen atoms in total. The van der Waals surface area contributed by atoms with Gasteiger partial charge in [-0.25, -0.2) is 9.78 Å². The number of rotatable bonds is 2. The van der Waals surface area contributed by atoms with Crippen molar-refractivity contribution >= 4 is 23.4 Å². The van der Waals surface area contributed by atoms with E-state index < -0.39 is 11.8 Å². The van der Waals surface area contributed by atoms with E-state index in [1.165, 1.54) is 4.88 Å². The molecule has 5 rings (SSSR count). The fourth-order valence-corrected chi connectivity index (χ4v) is 5.38. The number of carbonyl (C=O) groups is 2. The lowest BCUT2D eigenvalue weighted by Gasteiger charge is -2.38. The zero-order chi connectivity index (χ0) is 19.1. The fraction of sp³-hybridized carbons (Fsp3) is 0.500. The molecule has 2 aliphatic heterocycles. The van der Waals surface area contributed by atoms with Crippen LogP contribution in [0.25, 0.3) is 10.6 Å². The predicted octanol–water partition coefficient (Wildman–Crippen LogP) is 2.84. The molecule has 1 aliphatic carbocycles. The van der Waals surface area contributed by atoms with Crippen LogP contribution in [0.5, 0.6) is 0 Å². The van der Waals surface area contributed by atoms with E-state index in [1.807, 2.05) is 17.0 Å². The number of cyclic esters (lactones) is 1. The Morgan fingerprint density at radius 1 is 1.25 bits per heavy atom. The van der Waals surface area contributed by atoms with Crippen molar-refractivity contribution in [2.75, 3.05) is 19.7 Å². The molecular formula is C20H21N3O4S. The molecule has 1 unspecified atom stereocenters. The number of aromatic nitrogens is 2. The molecule has 0 radical (unpaired) electrons. The van der Waals surface area contributed by atoms with Gasteiger partial charge in [-0.1, -0.05) is 0 Å². The molecule has 0 aromatic carbocycles. The topological polar surface area (TPSA) is 81.6 Å². The van der Waals surface area contributed by atoms with Gasteiger partial charge in [-0.3, -0.25) is 9.78 Å². The third kappa shape index (κ3) is 3.15. The number of pyridine rings is 1. The Morgan fingerprint density at radius 3 is 2.75 bits per heavy atom. The van der Waals surface area contributed by atoms with Crippen molar-refractivity contribution in [1.82, 2.24) is 14.9 Å². The van der Waals surface area contributed by atoms with Crippen LogP contribution in [-0.4, -0.2) is 52.2 Å². The SMILES string of the molecule is O=C1OCC2(CCN(C(=O)C3CCc4sc(-c5ccncc5)nc4C3)CC2)O1. The second kappa shape index (κ2) is 6.84. The maximum atomic E-state index is 13.1. The Hall–Kier alpha value is -2.48. The molecule has 2 saturated heterocycles. The van der Waals surface area contributed by atoms with Crippen LogP contribution in [-0.2, 0) is 27.1 Å². The van der Waals surface area contributed by atoms with Crippen LogP contribution >= 0.6 is 11.3 Å². The molecule has 0 N–H and O–H groups in total. The predicted molar refractivity (Wildman–Crippen MR) is 102 cm³/mol. The summed E-state index contributed by atoms with van der Waals surface area (Å²) in [5.41, 5.74) is 1.61. The quantitative estimate of drug-likeness (QED) is 0.723. The van der Waals surface area contributed by atoms with E-state index in [1.54, 1.807) is 23.7 Å². The highest BCUT2D eigenvalue weighted by Gasteiger charge is 2.46. The van der Waals surface area contributed by atoms with Crippen LogP contribution in [0.3, 0.4) is 0 Å². The van der Waals surface area contributed by atoms with Gasteiger partial charge in [0.25, 0.3) is 0 Å². The zero-order valence-corrected chi connectivity index (χ0v) is 16.2. The number of aryl methyl sites for hydroxylation is 1. The molecule has 1 spiro atoms. The van der Waals surface area contributed by atoms with Gasteiger partial charge in [-0.15, -0.1) is 11.3 Å². The van der Waals surface area contributed by atoms with Gasteiger partial charge in [0, 0.05) is 61.1 Å². The van der Waals surface area contributed by atoms with Gasteiger partial charge < -0.3 is 14.4 Å². The summed E-state index contributed by atoms with van der Waals surface area (Å²) in [4.78, 5) is 36.4. The molecule has 146 valence electrons. The Balaban J connectivity index is 1.24. The van der Waals surface area contributed by atoms with Gasteiger partial charge >= 0.3 is 6.16 Å². The summed E-state index contributed by atoms with van der Waals surface area (Å²) in [6.45, 7) is 1.52. The average Bonchev–Trinajstić information content (AvgIpc) is 3.32. The van der Waals surface area contributed by atoms with Crippen molar-refractivity contribution in [2.24, 2.45) is 5.92 Å². The first-order chi connectivity index (χ1) is 13.6. The molecule has 3 aliphatic rings. The molecule has 0 bridgehead atoms. The van der Waals surface area contributed by atoms with E-state index in [4.69, 9.17) is 14.5 Å². The summed E-state index contributed by atoms with van der Waals surface area (Å²) in [6, 6.07) is 3.94. The number of hydrogen-bond acceptors (Lipinski definition) is 7. The van der Waals surface area contributed by atoms with Crippen LogP contribution in [0.1, 0.15) is 29.8 Å². The van der Waals surface area contributed by atoms with Crippen LogP contribution in [0.15, 0.2) is 24.5 Å². The minimum Gasteiger partial charge on any atom is -0.430 e. The molecule has 2 aromatic rings. The summed E-state index contributed by atoms with van der Waals surface area (Å²) in [5.74, 6) is 0.181. The normalized spacial score (nSPS) is 23.2. The monoisotopic (exact) mass is 399 g/mol. The van der Waals surface area contributed by atoms with E-state index in [-0.39, 0.29) is 11.8 Å². The van der Waals surface area contributed by atoms with E-state index in [2.05, 4.69) is 4.98 Å². The fourth-order valence-electron chi connectivity index (χ4n) is 4.27. The Labute approximate surface area is 166 Å². The molecule has 2 fully saturated rings. The van der Waals surface area contributed by atoms with E-state index in [9.17, 15) is 9.59 Å². The molecule has 2 aromatic heterocycles. The summed E-state index contributed by atoms with van der Waals surface area (Å²) in [7, 11) is 0. The number of thiazole rings is 1. The van der Waals surface area contributed by atoms with Gasteiger partial charge in [-0.2, -0.15) is 0 Å². The number of amides is 1. The summed E-state index contributed by atoms with van der Waals surface area (Å²) in [5, 5.41) is 1.00. The van der Waals surface area contributed by atoms with Gasteiger partial charge in [-0.05, 0) is 25.0 Å². The van der Waals surface area contributed by atoms with Gasteiger partial charge in [0.2, 0.25) is 5.91 Å². The minimum atomic E-state index is -0.590. The van der Waals surface area contributed by atoms with Gasteiger partial charge in [0.15, 0.2) is 5.60 Å². The maximum absolute atomic E-state index is 13.1. The second-order valence-electron chi connectivity index (χ2n) is 7.71. The number of hydrogen-bond donors (Lipinski definition) is 0. The molecule has 1 atom stereocenters. The first-order valence-corrected chi connectivity index (χ1v) is 10.5. The van der Waals surface area contributed by atoms with Gasteiger partial charge in [0.1, 0.15) is 11.6 Å². The summed E-state index contributed by atoms with van der Waals surface area (Å²) >= 11 is 1.72. The number of fused-ring (bicyclic) bond motifs is 1. The van der Waals surface area contributed by atoms with Crippen molar-refractivity contribution in [1.29, 1.82) is 0 Å². The largest absolute Gasteiger partial charge is 0.509 e. The lowest BCUT2D eigenvalue weighted by atomic mass is 9.87. The number of likely N-dealkylation sites (tertiary alicyclic amines) is 1. The highest BCUT2D eigenvalue weighted by atomic mass is 32.1. The zero-order valence-electron chi connectivity index (χ0n) is 15.4. The minimum absolute atomic E-state index is 0.0173. The lowest BCUT2D eigenvalue weighted by molar-refractivity contribution is -0.139. The third-order valence-corrected chi connectivity index (χ3v) is 7.16. The number of piperidine rings is 1. The Bertz CT molecular complexity index is 905. The molecular weight excluding hydrogens is 378 g/mol. The van der Waals surface area contributed by atoms with E-state index >= 15 is 0 Å². The third-order valence-electron chi connectivity index (χ3n) is 5.95.